The van der Waals surface area contributed by atoms with Gasteiger partial charge in [0.2, 0.25) is 0 Å². The molecule has 0 radical (unpaired) electrons. The maximum atomic E-state index is 13.1. The monoisotopic (exact) mass is 424 g/mol. The largest absolute Gasteiger partial charge is 0.497 e. The lowest BCUT2D eigenvalue weighted by molar-refractivity contribution is -0.153. The van der Waals surface area contributed by atoms with Gasteiger partial charge in [0.15, 0.2) is 6.61 Å². The van der Waals surface area contributed by atoms with E-state index in [-0.39, 0.29) is 11.5 Å². The third-order valence-electron chi connectivity index (χ3n) is 4.27. The van der Waals surface area contributed by atoms with Crippen molar-refractivity contribution in [1.29, 1.82) is 0 Å². The predicted octanol–water partition coefficient (Wildman–Crippen LogP) is 4.50. The summed E-state index contributed by atoms with van der Waals surface area (Å²) in [6.07, 6.45) is -3.09. The highest BCUT2D eigenvalue weighted by Crippen LogP contribution is 2.29. The number of benzene rings is 1. The molecule has 0 fully saturated rings. The molecule has 3 rings (SSSR count). The molecule has 5 nitrogen and oxygen atoms in total. The third kappa shape index (κ3) is 5.03. The van der Waals surface area contributed by atoms with E-state index in [9.17, 15) is 17.4 Å². The number of ether oxygens (including phenoxy) is 2. The summed E-state index contributed by atoms with van der Waals surface area (Å²) in [4.78, 5) is 9.20. The van der Waals surface area contributed by atoms with Gasteiger partial charge in [-0.25, -0.2) is 0 Å². The van der Waals surface area contributed by atoms with Crippen molar-refractivity contribution in [3.05, 3.63) is 53.5 Å². The summed E-state index contributed by atoms with van der Waals surface area (Å²) in [5.74, 6) is 0.713. The Balaban J connectivity index is 1.93. The van der Waals surface area contributed by atoms with Crippen molar-refractivity contribution < 1.29 is 26.9 Å². The first-order valence-electron chi connectivity index (χ1n) is 8.66. The first-order valence-corrected chi connectivity index (χ1v) is 9.97. The number of nitrogens with zero attached hydrogens (tertiary/aromatic N) is 2. The highest BCUT2D eigenvalue weighted by molar-refractivity contribution is 7.84. The molecule has 1 atom stereocenters. The van der Waals surface area contributed by atoms with Crippen molar-refractivity contribution in [1.82, 2.24) is 9.97 Å². The summed E-state index contributed by atoms with van der Waals surface area (Å²) in [7, 11) is 0.0359. The zero-order valence-electron chi connectivity index (χ0n) is 16.0. The quantitative estimate of drug-likeness (QED) is 0.583. The number of alkyl halides is 3. The molecule has 0 spiro atoms. The number of pyridine rings is 2. The lowest BCUT2D eigenvalue weighted by Crippen LogP contribution is -2.19. The predicted molar refractivity (Wildman–Crippen MR) is 104 cm³/mol. The molecule has 1 unspecified atom stereocenters. The fourth-order valence-electron chi connectivity index (χ4n) is 2.84. The highest BCUT2D eigenvalue weighted by Gasteiger charge is 2.29. The summed E-state index contributed by atoms with van der Waals surface area (Å²) in [6.45, 7) is 2.01. The molecule has 1 aromatic carbocycles. The molecule has 0 amide bonds. The Kier molecular flexibility index (Phi) is 6.07. The second-order valence-corrected chi connectivity index (χ2v) is 7.84. The molecule has 0 saturated carbocycles. The van der Waals surface area contributed by atoms with Crippen molar-refractivity contribution in [2.75, 3.05) is 13.7 Å². The van der Waals surface area contributed by atoms with E-state index in [1.165, 1.54) is 12.3 Å². The molecule has 0 aliphatic heterocycles. The molecule has 0 saturated heterocycles. The van der Waals surface area contributed by atoms with Gasteiger partial charge in [0.05, 0.1) is 39.8 Å². The summed E-state index contributed by atoms with van der Waals surface area (Å²) >= 11 is 0. The van der Waals surface area contributed by atoms with Crippen LogP contribution < -0.4 is 9.47 Å². The van der Waals surface area contributed by atoms with Crippen molar-refractivity contribution in [2.45, 2.75) is 30.7 Å². The smallest absolute Gasteiger partial charge is 0.422 e. The lowest BCUT2D eigenvalue weighted by atomic mass is 10.2. The average Bonchev–Trinajstić information content (AvgIpc) is 2.66. The van der Waals surface area contributed by atoms with Crippen molar-refractivity contribution in [2.24, 2.45) is 0 Å². The van der Waals surface area contributed by atoms with Gasteiger partial charge < -0.3 is 9.47 Å². The van der Waals surface area contributed by atoms with Crippen LogP contribution in [0.2, 0.25) is 0 Å². The van der Waals surface area contributed by atoms with Crippen molar-refractivity contribution in [3.63, 3.8) is 0 Å². The minimum atomic E-state index is -4.44. The first kappa shape index (κ1) is 21.0. The van der Waals surface area contributed by atoms with Crippen LogP contribution >= 0.6 is 0 Å². The zero-order chi connectivity index (χ0) is 21.2. The van der Waals surface area contributed by atoms with E-state index in [0.717, 1.165) is 0 Å². The SMILES string of the molecule is COc1ccc2nc(C)cc(S(=O)Cc3nccc(OCC(F)(F)F)c3C)c2c1. The highest BCUT2D eigenvalue weighted by atomic mass is 32.2. The Bertz CT molecular complexity index is 1070. The van der Waals surface area contributed by atoms with E-state index in [2.05, 4.69) is 9.97 Å². The normalized spacial score (nSPS) is 12.8. The number of hydrogen-bond donors (Lipinski definition) is 0. The van der Waals surface area contributed by atoms with Crippen molar-refractivity contribution in [3.8, 4) is 11.5 Å². The van der Waals surface area contributed by atoms with E-state index in [0.29, 0.717) is 38.5 Å². The van der Waals surface area contributed by atoms with Crippen molar-refractivity contribution >= 4 is 21.7 Å². The topological polar surface area (TPSA) is 61.3 Å². The average molecular weight is 424 g/mol. The van der Waals surface area contributed by atoms with Gasteiger partial charge in [-0.15, -0.1) is 0 Å². The van der Waals surface area contributed by atoms with Crippen LogP contribution in [0, 0.1) is 13.8 Å². The molecule has 0 bridgehead atoms. The first-order chi connectivity index (χ1) is 13.7. The molecule has 154 valence electrons. The van der Waals surface area contributed by atoms with Gasteiger partial charge in [-0.3, -0.25) is 14.2 Å². The number of halogens is 3. The maximum Gasteiger partial charge on any atom is 0.422 e. The summed E-state index contributed by atoms with van der Waals surface area (Å²) < 4.78 is 60.6. The minimum Gasteiger partial charge on any atom is -0.497 e. The second-order valence-electron chi connectivity index (χ2n) is 6.42. The van der Waals surface area contributed by atoms with Crippen LogP contribution in [-0.4, -0.2) is 34.1 Å². The third-order valence-corrected chi connectivity index (χ3v) is 5.63. The van der Waals surface area contributed by atoms with Crippen LogP contribution in [0.1, 0.15) is 17.0 Å². The lowest BCUT2D eigenvalue weighted by Gasteiger charge is -2.14. The summed E-state index contributed by atoms with van der Waals surface area (Å²) in [5, 5.41) is 0.690. The number of aryl methyl sites for hydroxylation is 1. The Labute approximate surface area is 168 Å². The Morgan fingerprint density at radius 2 is 1.90 bits per heavy atom. The van der Waals surface area contributed by atoms with Gasteiger partial charge in [0.1, 0.15) is 11.5 Å². The Hall–Kier alpha value is -2.68. The molecule has 3 aromatic rings. The standard InChI is InChI=1S/C20H19F3N2O3S/c1-12-8-19(15-9-14(27-3)4-5-16(15)25-12)29(26)10-17-13(2)18(6-7-24-17)28-11-20(21,22)23/h4-9H,10-11H2,1-3H3. The summed E-state index contributed by atoms with van der Waals surface area (Å²) in [5.41, 5.74) is 2.23. The Morgan fingerprint density at radius 1 is 1.14 bits per heavy atom. The number of fused-ring (bicyclic) bond motifs is 1. The fourth-order valence-corrected chi connectivity index (χ4v) is 4.24. The van der Waals surface area contributed by atoms with Gasteiger partial charge in [0.25, 0.3) is 0 Å². The molecule has 29 heavy (non-hydrogen) atoms. The van der Waals surface area contributed by atoms with Gasteiger partial charge in [0, 0.05) is 22.8 Å². The molecule has 2 aromatic heterocycles. The molecule has 0 N–H and O–H groups in total. The summed E-state index contributed by atoms with van der Waals surface area (Å²) in [6, 6.07) is 8.42. The van der Waals surface area contributed by atoms with Gasteiger partial charge in [-0.2, -0.15) is 13.2 Å². The van der Waals surface area contributed by atoms with Gasteiger partial charge in [-0.05, 0) is 44.2 Å². The molecule has 0 aliphatic rings. The van der Waals surface area contributed by atoms with Crippen LogP contribution in [0.3, 0.4) is 0 Å². The number of aromatic nitrogens is 2. The second kappa shape index (κ2) is 8.36. The van der Waals surface area contributed by atoms with E-state index in [1.54, 1.807) is 45.2 Å². The molecular formula is C20H19F3N2O3S. The van der Waals surface area contributed by atoms with E-state index in [1.807, 2.05) is 0 Å². The van der Waals surface area contributed by atoms with Gasteiger partial charge >= 0.3 is 6.18 Å². The van der Waals surface area contributed by atoms with E-state index < -0.39 is 23.6 Å². The fraction of sp³-hybridized carbons (Fsp3) is 0.300. The molecule has 9 heteroatoms. The van der Waals surface area contributed by atoms with Crippen LogP contribution in [0.5, 0.6) is 11.5 Å². The molecular weight excluding hydrogens is 405 g/mol. The zero-order valence-corrected chi connectivity index (χ0v) is 16.9. The van der Waals surface area contributed by atoms with Crippen LogP contribution in [0.4, 0.5) is 13.2 Å². The van der Waals surface area contributed by atoms with Crippen LogP contribution in [-0.2, 0) is 16.6 Å². The number of hydrogen-bond acceptors (Lipinski definition) is 5. The van der Waals surface area contributed by atoms with E-state index in [4.69, 9.17) is 9.47 Å². The minimum absolute atomic E-state index is 0.0326. The van der Waals surface area contributed by atoms with E-state index >= 15 is 0 Å². The van der Waals surface area contributed by atoms with Crippen LogP contribution in [0.25, 0.3) is 10.9 Å². The maximum absolute atomic E-state index is 13.1. The number of rotatable bonds is 6. The molecule has 0 aliphatic carbocycles. The van der Waals surface area contributed by atoms with Gasteiger partial charge in [-0.1, -0.05) is 0 Å². The van der Waals surface area contributed by atoms with Crippen LogP contribution in [0.15, 0.2) is 41.4 Å². The molecule has 2 heterocycles. The number of methoxy groups -OCH3 is 1. The Morgan fingerprint density at radius 3 is 2.59 bits per heavy atom.